The van der Waals surface area contributed by atoms with Gasteiger partial charge in [-0.3, -0.25) is 9.67 Å². The van der Waals surface area contributed by atoms with Gasteiger partial charge < -0.3 is 24.5 Å². The van der Waals surface area contributed by atoms with E-state index in [1.807, 2.05) is 29.2 Å². The molecule has 0 bridgehead atoms. The molecule has 0 aliphatic carbocycles. The molecule has 1 saturated heterocycles. The quantitative estimate of drug-likeness (QED) is 0.217. The SMILES string of the molecule is CCC1COCC(CCc2ncc(-c3cc(OC)c(OC)cc3Cl)c3cn(Cc4nc5nc(Cl)ccc5[nH]4)nc23)N1. The van der Waals surface area contributed by atoms with Crippen molar-refractivity contribution in [2.24, 2.45) is 0 Å². The maximum atomic E-state index is 6.75. The van der Waals surface area contributed by atoms with Crippen LogP contribution in [0, 0.1) is 0 Å². The van der Waals surface area contributed by atoms with Crippen molar-refractivity contribution in [3.8, 4) is 22.6 Å². The number of morpholine rings is 1. The minimum Gasteiger partial charge on any atom is -0.493 e. The summed E-state index contributed by atoms with van der Waals surface area (Å²) in [5, 5.41) is 10.5. The van der Waals surface area contributed by atoms with Crippen LogP contribution < -0.4 is 14.8 Å². The molecule has 41 heavy (non-hydrogen) atoms. The van der Waals surface area contributed by atoms with Crippen molar-refractivity contribution >= 4 is 45.3 Å². The summed E-state index contributed by atoms with van der Waals surface area (Å²) in [5.41, 5.74) is 4.74. The summed E-state index contributed by atoms with van der Waals surface area (Å²) in [6.07, 6.45) is 6.54. The molecule has 214 valence electrons. The molecule has 2 unspecified atom stereocenters. The van der Waals surface area contributed by atoms with Crippen LogP contribution in [0.3, 0.4) is 0 Å². The van der Waals surface area contributed by atoms with Gasteiger partial charge in [0, 0.05) is 47.1 Å². The van der Waals surface area contributed by atoms with Crippen molar-refractivity contribution in [3.05, 3.63) is 58.4 Å². The summed E-state index contributed by atoms with van der Waals surface area (Å²) < 4.78 is 18.7. The van der Waals surface area contributed by atoms with Gasteiger partial charge in [0.25, 0.3) is 0 Å². The molecule has 0 amide bonds. The number of nitrogens with zero attached hydrogens (tertiary/aromatic N) is 5. The summed E-state index contributed by atoms with van der Waals surface area (Å²) in [6.45, 7) is 4.03. The topological polar surface area (TPSA) is 112 Å². The molecule has 2 N–H and O–H groups in total. The van der Waals surface area contributed by atoms with Crippen LogP contribution in [0.2, 0.25) is 10.2 Å². The van der Waals surface area contributed by atoms with Gasteiger partial charge in [-0.05, 0) is 37.5 Å². The number of imidazole rings is 1. The number of pyridine rings is 2. The van der Waals surface area contributed by atoms with E-state index in [9.17, 15) is 0 Å². The van der Waals surface area contributed by atoms with E-state index in [2.05, 4.69) is 27.2 Å². The molecule has 4 aromatic heterocycles. The standard InChI is InChI=1S/C29H31Cl2N7O3/c1-4-16-14-41-15-17(33-16)5-6-22-28-20(19(11-32-22)18-9-24(39-2)25(40-3)10-21(18)30)12-38(37-28)13-27-34-23-7-8-26(31)35-29(23)36-27/h7-12,16-17,33H,4-6,13-15H2,1-3H3,(H,34,35,36). The van der Waals surface area contributed by atoms with Gasteiger partial charge in [0.1, 0.15) is 16.5 Å². The first-order valence-electron chi connectivity index (χ1n) is 13.6. The Labute approximate surface area is 247 Å². The van der Waals surface area contributed by atoms with Crippen LogP contribution in [0.4, 0.5) is 0 Å². The Kier molecular flexibility index (Phi) is 7.99. The Morgan fingerprint density at radius 2 is 1.85 bits per heavy atom. The number of hydrogen-bond donors (Lipinski definition) is 2. The third-order valence-electron chi connectivity index (χ3n) is 7.44. The van der Waals surface area contributed by atoms with Crippen LogP contribution >= 0.6 is 23.2 Å². The van der Waals surface area contributed by atoms with E-state index in [1.165, 1.54) is 0 Å². The average Bonchev–Trinajstić information content (AvgIpc) is 3.59. The Morgan fingerprint density at radius 1 is 1.05 bits per heavy atom. The molecule has 1 fully saturated rings. The van der Waals surface area contributed by atoms with E-state index >= 15 is 0 Å². The minimum atomic E-state index is 0.266. The lowest BCUT2D eigenvalue weighted by Gasteiger charge is -2.30. The van der Waals surface area contributed by atoms with Gasteiger partial charge in [0.2, 0.25) is 0 Å². The fourth-order valence-electron chi connectivity index (χ4n) is 5.29. The molecule has 1 aromatic carbocycles. The van der Waals surface area contributed by atoms with Crippen molar-refractivity contribution in [3.63, 3.8) is 0 Å². The molecule has 0 spiro atoms. The number of hydrogen-bond acceptors (Lipinski definition) is 8. The smallest absolute Gasteiger partial charge is 0.179 e. The fourth-order valence-corrected chi connectivity index (χ4v) is 5.69. The monoisotopic (exact) mass is 595 g/mol. The normalized spacial score (nSPS) is 17.4. The lowest BCUT2D eigenvalue weighted by molar-refractivity contribution is 0.0421. The summed E-state index contributed by atoms with van der Waals surface area (Å²) in [4.78, 5) is 17.1. The van der Waals surface area contributed by atoms with Crippen LogP contribution in [-0.2, 0) is 17.7 Å². The van der Waals surface area contributed by atoms with Crippen molar-refractivity contribution < 1.29 is 14.2 Å². The maximum absolute atomic E-state index is 6.75. The minimum absolute atomic E-state index is 0.266. The Morgan fingerprint density at radius 3 is 2.66 bits per heavy atom. The van der Waals surface area contributed by atoms with Gasteiger partial charge in [0.05, 0.1) is 50.2 Å². The number of aryl methyl sites for hydroxylation is 1. The number of nitrogens with one attached hydrogen (secondary N) is 2. The third kappa shape index (κ3) is 5.70. The van der Waals surface area contributed by atoms with Crippen LogP contribution in [-0.4, -0.2) is 69.2 Å². The number of ether oxygens (including phenoxy) is 3. The molecule has 2 atom stereocenters. The largest absolute Gasteiger partial charge is 0.493 e. The number of fused-ring (bicyclic) bond motifs is 2. The first-order chi connectivity index (χ1) is 19.9. The molecule has 5 aromatic rings. The number of benzene rings is 1. The summed E-state index contributed by atoms with van der Waals surface area (Å²) in [5.74, 6) is 1.86. The molecular formula is C29H31Cl2N7O3. The number of aromatic amines is 1. The van der Waals surface area contributed by atoms with Gasteiger partial charge in [-0.2, -0.15) is 5.10 Å². The van der Waals surface area contributed by atoms with E-state index < -0.39 is 0 Å². The van der Waals surface area contributed by atoms with E-state index in [0.29, 0.717) is 46.5 Å². The van der Waals surface area contributed by atoms with Crippen molar-refractivity contribution in [1.29, 1.82) is 0 Å². The van der Waals surface area contributed by atoms with Crippen LogP contribution in [0.25, 0.3) is 33.2 Å². The highest BCUT2D eigenvalue weighted by atomic mass is 35.5. The zero-order valence-corrected chi connectivity index (χ0v) is 24.6. The average molecular weight is 597 g/mol. The predicted molar refractivity (Wildman–Crippen MR) is 159 cm³/mol. The first kappa shape index (κ1) is 27.7. The summed E-state index contributed by atoms with van der Waals surface area (Å²) in [6, 6.07) is 7.88. The van der Waals surface area contributed by atoms with Crippen LogP contribution in [0.1, 0.15) is 31.3 Å². The second-order valence-corrected chi connectivity index (χ2v) is 10.9. The van der Waals surface area contributed by atoms with Gasteiger partial charge in [-0.25, -0.2) is 9.97 Å². The second kappa shape index (κ2) is 11.8. The number of H-pyrrole nitrogens is 1. The predicted octanol–water partition coefficient (Wildman–Crippen LogP) is 5.44. The lowest BCUT2D eigenvalue weighted by Crippen LogP contribution is -2.48. The number of halogens is 2. The molecule has 0 saturated carbocycles. The first-order valence-corrected chi connectivity index (χ1v) is 14.3. The second-order valence-electron chi connectivity index (χ2n) is 10.1. The lowest BCUT2D eigenvalue weighted by atomic mass is 10.0. The number of methoxy groups -OCH3 is 2. The van der Waals surface area contributed by atoms with Crippen molar-refractivity contribution in [2.45, 2.75) is 44.8 Å². The highest BCUT2D eigenvalue weighted by molar-refractivity contribution is 6.34. The molecule has 5 heterocycles. The summed E-state index contributed by atoms with van der Waals surface area (Å²) >= 11 is 12.8. The highest BCUT2D eigenvalue weighted by Gasteiger charge is 2.22. The van der Waals surface area contributed by atoms with Crippen LogP contribution in [0.5, 0.6) is 11.5 Å². The Bertz CT molecular complexity index is 1700. The van der Waals surface area contributed by atoms with Crippen molar-refractivity contribution in [2.75, 3.05) is 27.4 Å². The molecule has 10 nitrogen and oxygen atoms in total. The Hall–Kier alpha value is -3.44. The summed E-state index contributed by atoms with van der Waals surface area (Å²) in [7, 11) is 3.19. The zero-order valence-electron chi connectivity index (χ0n) is 23.1. The fraction of sp³-hybridized carbons (Fsp3) is 0.379. The Balaban J connectivity index is 1.39. The van der Waals surface area contributed by atoms with Crippen LogP contribution in [0.15, 0.2) is 36.7 Å². The van der Waals surface area contributed by atoms with E-state index in [-0.39, 0.29) is 6.04 Å². The maximum Gasteiger partial charge on any atom is 0.179 e. The molecular weight excluding hydrogens is 565 g/mol. The molecule has 0 radical (unpaired) electrons. The van der Waals surface area contributed by atoms with Gasteiger partial charge in [-0.1, -0.05) is 30.1 Å². The van der Waals surface area contributed by atoms with E-state index in [4.69, 9.17) is 47.5 Å². The highest BCUT2D eigenvalue weighted by Crippen LogP contribution is 2.41. The van der Waals surface area contributed by atoms with Gasteiger partial charge in [-0.15, -0.1) is 0 Å². The van der Waals surface area contributed by atoms with E-state index in [1.54, 1.807) is 26.4 Å². The third-order valence-corrected chi connectivity index (χ3v) is 7.97. The number of aromatic nitrogens is 6. The van der Waals surface area contributed by atoms with Gasteiger partial charge in [0.15, 0.2) is 17.1 Å². The molecule has 1 aliphatic heterocycles. The van der Waals surface area contributed by atoms with E-state index in [0.717, 1.165) is 64.9 Å². The number of rotatable bonds is 9. The van der Waals surface area contributed by atoms with Crippen molar-refractivity contribution in [1.82, 2.24) is 35.0 Å². The van der Waals surface area contributed by atoms with Gasteiger partial charge >= 0.3 is 0 Å². The molecule has 6 rings (SSSR count). The molecule has 12 heteroatoms. The zero-order chi connectivity index (χ0) is 28.5. The molecule has 1 aliphatic rings.